The Kier molecular flexibility index (Phi) is 4.90. The first kappa shape index (κ1) is 18.4. The van der Waals surface area contributed by atoms with Crippen molar-refractivity contribution in [1.29, 1.82) is 0 Å². The van der Waals surface area contributed by atoms with Gasteiger partial charge in [0, 0.05) is 49.7 Å². The molecule has 0 radical (unpaired) electrons. The SMILES string of the molecule is CC1(n2cc(C3=CCN(CCc4ccccn4)CC3)cn2)CCS(=O)(=O)C1. The zero-order valence-electron chi connectivity index (χ0n) is 15.7. The molecule has 2 aromatic rings. The van der Waals surface area contributed by atoms with E-state index < -0.39 is 15.4 Å². The Morgan fingerprint density at radius 3 is 2.85 bits per heavy atom. The number of nitrogens with zero attached hydrogens (tertiary/aromatic N) is 4. The number of sulfone groups is 1. The van der Waals surface area contributed by atoms with Crippen molar-refractivity contribution in [1.82, 2.24) is 19.7 Å². The van der Waals surface area contributed by atoms with E-state index in [0.29, 0.717) is 6.42 Å². The average molecular weight is 387 g/mol. The van der Waals surface area contributed by atoms with E-state index in [-0.39, 0.29) is 11.5 Å². The van der Waals surface area contributed by atoms with Crippen LogP contribution in [0.4, 0.5) is 0 Å². The van der Waals surface area contributed by atoms with Gasteiger partial charge in [0.2, 0.25) is 0 Å². The van der Waals surface area contributed by atoms with Crippen molar-refractivity contribution in [3.63, 3.8) is 0 Å². The van der Waals surface area contributed by atoms with Gasteiger partial charge in [-0.05, 0) is 37.5 Å². The Morgan fingerprint density at radius 2 is 2.19 bits per heavy atom. The van der Waals surface area contributed by atoms with E-state index in [1.54, 1.807) is 0 Å². The van der Waals surface area contributed by atoms with Crippen molar-refractivity contribution in [2.45, 2.75) is 31.7 Å². The minimum absolute atomic E-state index is 0.182. The molecule has 0 bridgehead atoms. The second kappa shape index (κ2) is 7.20. The number of pyridine rings is 1. The van der Waals surface area contributed by atoms with E-state index >= 15 is 0 Å². The van der Waals surface area contributed by atoms with Gasteiger partial charge in [-0.15, -0.1) is 0 Å². The molecular formula is C20H26N4O2S. The molecule has 1 unspecified atom stereocenters. The highest BCUT2D eigenvalue weighted by Crippen LogP contribution is 2.31. The van der Waals surface area contributed by atoms with Crippen molar-refractivity contribution in [2.75, 3.05) is 31.1 Å². The van der Waals surface area contributed by atoms with Crippen molar-refractivity contribution in [2.24, 2.45) is 0 Å². The van der Waals surface area contributed by atoms with Crippen LogP contribution in [0, 0.1) is 0 Å². The van der Waals surface area contributed by atoms with Gasteiger partial charge in [0.25, 0.3) is 0 Å². The Balaban J connectivity index is 1.38. The zero-order chi connectivity index (χ0) is 18.9. The number of aromatic nitrogens is 3. The average Bonchev–Trinajstić information content (AvgIpc) is 3.27. The van der Waals surface area contributed by atoms with Crippen LogP contribution in [0.1, 0.15) is 31.0 Å². The number of rotatable bonds is 5. The molecule has 0 amide bonds. The minimum atomic E-state index is -2.94. The molecule has 2 aliphatic rings. The van der Waals surface area contributed by atoms with Gasteiger partial charge >= 0.3 is 0 Å². The largest absolute Gasteiger partial charge is 0.299 e. The van der Waals surface area contributed by atoms with Gasteiger partial charge in [0.05, 0.1) is 23.2 Å². The molecule has 1 saturated heterocycles. The van der Waals surface area contributed by atoms with E-state index in [2.05, 4.69) is 27.1 Å². The lowest BCUT2D eigenvalue weighted by Gasteiger charge is -2.26. The highest BCUT2D eigenvalue weighted by atomic mass is 32.2. The molecule has 27 heavy (non-hydrogen) atoms. The monoisotopic (exact) mass is 386 g/mol. The molecule has 4 rings (SSSR count). The van der Waals surface area contributed by atoms with E-state index in [1.165, 1.54) is 5.57 Å². The molecule has 0 aromatic carbocycles. The van der Waals surface area contributed by atoms with Crippen LogP contribution in [0.3, 0.4) is 0 Å². The quantitative estimate of drug-likeness (QED) is 0.788. The van der Waals surface area contributed by atoms with Crippen molar-refractivity contribution in [3.05, 3.63) is 54.1 Å². The van der Waals surface area contributed by atoms with E-state index in [1.807, 2.05) is 42.3 Å². The summed E-state index contributed by atoms with van der Waals surface area (Å²) < 4.78 is 25.6. The predicted octanol–water partition coefficient (Wildman–Crippen LogP) is 2.14. The first-order chi connectivity index (χ1) is 12.9. The highest BCUT2D eigenvalue weighted by molar-refractivity contribution is 7.91. The summed E-state index contributed by atoms with van der Waals surface area (Å²) in [5.41, 5.74) is 3.14. The zero-order valence-corrected chi connectivity index (χ0v) is 16.5. The molecule has 0 saturated carbocycles. The molecule has 0 spiro atoms. The van der Waals surface area contributed by atoms with Crippen LogP contribution >= 0.6 is 0 Å². The molecule has 144 valence electrons. The smallest absolute Gasteiger partial charge is 0.152 e. The molecule has 1 fully saturated rings. The van der Waals surface area contributed by atoms with Crippen LogP contribution in [-0.4, -0.2) is 59.2 Å². The maximum absolute atomic E-state index is 11.9. The van der Waals surface area contributed by atoms with Crippen LogP contribution in [0.5, 0.6) is 0 Å². The molecular weight excluding hydrogens is 360 g/mol. The summed E-state index contributed by atoms with van der Waals surface area (Å²) >= 11 is 0. The lowest BCUT2D eigenvalue weighted by Crippen LogP contribution is -2.32. The van der Waals surface area contributed by atoms with Crippen molar-refractivity contribution < 1.29 is 8.42 Å². The molecule has 2 aliphatic heterocycles. The first-order valence-electron chi connectivity index (χ1n) is 9.51. The Labute approximate surface area is 160 Å². The Morgan fingerprint density at radius 1 is 1.30 bits per heavy atom. The number of hydrogen-bond donors (Lipinski definition) is 0. The van der Waals surface area contributed by atoms with E-state index in [4.69, 9.17) is 0 Å². The Bertz CT molecular complexity index is 936. The van der Waals surface area contributed by atoms with Gasteiger partial charge in [-0.3, -0.25) is 14.6 Å². The topological polar surface area (TPSA) is 68.1 Å². The molecule has 1 atom stereocenters. The van der Waals surface area contributed by atoms with E-state index in [9.17, 15) is 8.42 Å². The minimum Gasteiger partial charge on any atom is -0.299 e. The first-order valence-corrected chi connectivity index (χ1v) is 11.3. The number of hydrogen-bond acceptors (Lipinski definition) is 5. The van der Waals surface area contributed by atoms with Crippen LogP contribution in [0.25, 0.3) is 5.57 Å². The molecule has 0 aliphatic carbocycles. The third-order valence-corrected chi connectivity index (χ3v) is 7.58. The maximum Gasteiger partial charge on any atom is 0.152 e. The molecule has 2 aromatic heterocycles. The molecule has 7 heteroatoms. The summed E-state index contributed by atoms with van der Waals surface area (Å²) in [7, 11) is -2.94. The third-order valence-electron chi connectivity index (χ3n) is 5.69. The summed E-state index contributed by atoms with van der Waals surface area (Å²) in [5, 5.41) is 4.50. The van der Waals surface area contributed by atoms with Crippen LogP contribution in [0.15, 0.2) is 42.9 Å². The Hall–Kier alpha value is -1.99. The van der Waals surface area contributed by atoms with Crippen LogP contribution < -0.4 is 0 Å². The summed E-state index contributed by atoms with van der Waals surface area (Å²) in [4.78, 5) is 6.82. The van der Waals surface area contributed by atoms with Crippen LogP contribution in [-0.2, 0) is 21.8 Å². The molecule has 0 N–H and O–H groups in total. The summed E-state index contributed by atoms with van der Waals surface area (Å²) in [5.74, 6) is 0.439. The fraction of sp³-hybridized carbons (Fsp3) is 0.500. The third kappa shape index (κ3) is 4.14. The molecule has 6 nitrogen and oxygen atoms in total. The van der Waals surface area contributed by atoms with Crippen molar-refractivity contribution >= 4 is 15.4 Å². The summed E-state index contributed by atoms with van der Waals surface area (Å²) in [6.45, 7) is 4.95. The van der Waals surface area contributed by atoms with Gasteiger partial charge in [0.15, 0.2) is 9.84 Å². The van der Waals surface area contributed by atoms with Gasteiger partial charge in [-0.1, -0.05) is 12.1 Å². The van der Waals surface area contributed by atoms with Gasteiger partial charge in [0.1, 0.15) is 0 Å². The second-order valence-corrected chi connectivity index (χ2v) is 10.0. The summed E-state index contributed by atoms with van der Waals surface area (Å²) in [6.07, 6.45) is 10.6. The van der Waals surface area contributed by atoms with Gasteiger partial charge in [-0.2, -0.15) is 5.10 Å². The standard InChI is InChI=1S/C20H26N4O2S/c1-20(8-13-27(25,26)16-20)24-15-18(14-22-24)17-5-10-23(11-6-17)12-7-19-4-2-3-9-21-19/h2-5,9,14-15H,6-8,10-13,16H2,1H3. The van der Waals surface area contributed by atoms with Crippen LogP contribution in [0.2, 0.25) is 0 Å². The van der Waals surface area contributed by atoms with Crippen molar-refractivity contribution in [3.8, 4) is 0 Å². The fourth-order valence-electron chi connectivity index (χ4n) is 3.95. The maximum atomic E-state index is 11.9. The second-order valence-electron chi connectivity index (χ2n) is 7.86. The van der Waals surface area contributed by atoms with Gasteiger partial charge < -0.3 is 0 Å². The highest BCUT2D eigenvalue weighted by Gasteiger charge is 2.40. The van der Waals surface area contributed by atoms with Gasteiger partial charge in [-0.25, -0.2) is 8.42 Å². The lowest BCUT2D eigenvalue weighted by molar-refractivity contribution is 0.304. The fourth-order valence-corrected chi connectivity index (χ4v) is 6.07. The summed E-state index contributed by atoms with van der Waals surface area (Å²) in [6, 6.07) is 6.05. The predicted molar refractivity (Wildman–Crippen MR) is 106 cm³/mol. The normalized spacial score (nSPS) is 25.4. The lowest BCUT2D eigenvalue weighted by atomic mass is 10.0. The van der Waals surface area contributed by atoms with E-state index in [0.717, 1.165) is 43.7 Å². The molecule has 4 heterocycles.